The van der Waals surface area contributed by atoms with Crippen LogP contribution in [-0.4, -0.2) is 23.0 Å². The van der Waals surface area contributed by atoms with E-state index in [-0.39, 0.29) is 11.7 Å². The smallest absolute Gasteiger partial charge is 0.351 e. The number of halogens is 1. The minimum absolute atomic E-state index is 0.321. The zero-order valence-electron chi connectivity index (χ0n) is 15.4. The summed E-state index contributed by atoms with van der Waals surface area (Å²) in [6.07, 6.45) is -0.938. The van der Waals surface area contributed by atoms with Gasteiger partial charge in [0.15, 0.2) is 6.10 Å². The molecular weight excluding hydrogens is 379 g/mol. The number of nitrogens with zero attached hydrogens (tertiary/aromatic N) is 1. The van der Waals surface area contributed by atoms with Crippen molar-refractivity contribution in [2.75, 3.05) is 0 Å². The van der Waals surface area contributed by atoms with E-state index in [0.29, 0.717) is 27.7 Å². The van der Waals surface area contributed by atoms with Crippen molar-refractivity contribution in [3.8, 4) is 10.6 Å². The summed E-state index contributed by atoms with van der Waals surface area (Å²) in [7, 11) is 0. The van der Waals surface area contributed by atoms with Crippen LogP contribution in [0.3, 0.4) is 0 Å². The first-order valence-corrected chi connectivity index (χ1v) is 9.51. The summed E-state index contributed by atoms with van der Waals surface area (Å²) in [6.45, 7) is 3.58. The van der Waals surface area contributed by atoms with Crippen LogP contribution < -0.4 is 5.32 Å². The number of nitrogens with one attached hydrogen (secondary N) is 1. The molecule has 5 nitrogen and oxygen atoms in total. The molecule has 0 aliphatic rings. The second-order valence-corrected chi connectivity index (χ2v) is 7.19. The number of ether oxygens (including phenoxy) is 1. The monoisotopic (exact) mass is 398 g/mol. The third-order valence-corrected chi connectivity index (χ3v) is 5.22. The third-order valence-electron chi connectivity index (χ3n) is 4.04. The minimum Gasteiger partial charge on any atom is -0.448 e. The maximum atomic E-state index is 13.1. The van der Waals surface area contributed by atoms with Gasteiger partial charge in [0.1, 0.15) is 15.7 Å². The number of esters is 1. The molecule has 0 bridgehead atoms. The van der Waals surface area contributed by atoms with Gasteiger partial charge >= 0.3 is 5.97 Å². The number of benzene rings is 2. The molecule has 2 aromatic carbocycles. The van der Waals surface area contributed by atoms with Gasteiger partial charge in [-0.2, -0.15) is 0 Å². The van der Waals surface area contributed by atoms with Crippen LogP contribution in [0.2, 0.25) is 0 Å². The summed E-state index contributed by atoms with van der Waals surface area (Å²) in [5.74, 6) is -1.32. The lowest BCUT2D eigenvalue weighted by molar-refractivity contribution is -0.129. The maximum absolute atomic E-state index is 13.1. The number of rotatable bonds is 6. The van der Waals surface area contributed by atoms with Gasteiger partial charge in [-0.1, -0.05) is 30.3 Å². The van der Waals surface area contributed by atoms with Crippen molar-refractivity contribution in [3.63, 3.8) is 0 Å². The van der Waals surface area contributed by atoms with Gasteiger partial charge in [0.25, 0.3) is 5.91 Å². The predicted octanol–water partition coefficient (Wildman–Crippen LogP) is 4.12. The van der Waals surface area contributed by atoms with E-state index in [0.717, 1.165) is 16.9 Å². The Kier molecular flexibility index (Phi) is 6.16. The zero-order chi connectivity index (χ0) is 20.1. The molecule has 0 radical (unpaired) electrons. The second kappa shape index (κ2) is 8.75. The number of hydrogen-bond acceptors (Lipinski definition) is 5. The van der Waals surface area contributed by atoms with E-state index in [4.69, 9.17) is 4.74 Å². The van der Waals surface area contributed by atoms with Crippen molar-refractivity contribution in [2.45, 2.75) is 26.5 Å². The first-order valence-electron chi connectivity index (χ1n) is 8.70. The topological polar surface area (TPSA) is 68.3 Å². The molecule has 0 fully saturated rings. The van der Waals surface area contributed by atoms with E-state index in [2.05, 4.69) is 10.3 Å². The molecule has 0 saturated carbocycles. The van der Waals surface area contributed by atoms with E-state index < -0.39 is 12.1 Å². The predicted molar refractivity (Wildman–Crippen MR) is 105 cm³/mol. The van der Waals surface area contributed by atoms with Crippen LogP contribution in [-0.2, 0) is 16.1 Å². The lowest BCUT2D eigenvalue weighted by atomic mass is 10.2. The molecule has 0 aliphatic heterocycles. The molecule has 0 aliphatic carbocycles. The van der Waals surface area contributed by atoms with Gasteiger partial charge in [-0.3, -0.25) is 4.79 Å². The summed E-state index contributed by atoms with van der Waals surface area (Å²) >= 11 is 1.15. The van der Waals surface area contributed by atoms with E-state index in [1.54, 1.807) is 19.1 Å². The Morgan fingerprint density at radius 2 is 1.82 bits per heavy atom. The Hall–Kier alpha value is -3.06. The molecule has 3 rings (SSSR count). The molecule has 0 saturated heterocycles. The van der Waals surface area contributed by atoms with Crippen LogP contribution >= 0.6 is 11.3 Å². The molecule has 28 heavy (non-hydrogen) atoms. The van der Waals surface area contributed by atoms with Gasteiger partial charge in [0, 0.05) is 12.1 Å². The highest BCUT2D eigenvalue weighted by atomic mass is 32.1. The van der Waals surface area contributed by atoms with Gasteiger partial charge < -0.3 is 10.1 Å². The van der Waals surface area contributed by atoms with Gasteiger partial charge in [0.05, 0.1) is 5.69 Å². The molecule has 144 valence electrons. The first kappa shape index (κ1) is 19.7. The molecular formula is C21H19FN2O3S. The highest BCUT2D eigenvalue weighted by Crippen LogP contribution is 2.28. The first-order chi connectivity index (χ1) is 13.4. The molecule has 1 amide bonds. The molecule has 0 spiro atoms. The summed E-state index contributed by atoms with van der Waals surface area (Å²) in [4.78, 5) is 29.3. The molecule has 7 heteroatoms. The van der Waals surface area contributed by atoms with Crippen LogP contribution in [0.25, 0.3) is 10.6 Å². The SMILES string of the molecule is Cc1nc(-c2ccc(F)cc2)sc1C(=O)O[C@H](C)C(=O)NCc1ccccc1. The number of thiazole rings is 1. The lowest BCUT2D eigenvalue weighted by Crippen LogP contribution is -2.35. The Bertz CT molecular complexity index is 971. The third kappa shape index (κ3) is 4.80. The Morgan fingerprint density at radius 3 is 2.50 bits per heavy atom. The molecule has 1 heterocycles. The summed E-state index contributed by atoms with van der Waals surface area (Å²) in [6, 6.07) is 15.3. The quantitative estimate of drug-likeness (QED) is 0.634. The number of amides is 1. The van der Waals surface area contributed by atoms with Crippen molar-refractivity contribution in [1.82, 2.24) is 10.3 Å². The number of aromatic nitrogens is 1. The van der Waals surface area contributed by atoms with E-state index in [1.807, 2.05) is 30.3 Å². The highest BCUT2D eigenvalue weighted by molar-refractivity contribution is 7.17. The Labute approximate surface area is 166 Å². The van der Waals surface area contributed by atoms with Crippen LogP contribution in [0.1, 0.15) is 27.9 Å². The lowest BCUT2D eigenvalue weighted by Gasteiger charge is -2.13. The second-order valence-electron chi connectivity index (χ2n) is 6.19. The van der Waals surface area contributed by atoms with Crippen molar-refractivity contribution in [3.05, 3.63) is 76.5 Å². The summed E-state index contributed by atoms with van der Waals surface area (Å²) in [5, 5.41) is 3.33. The van der Waals surface area contributed by atoms with Crippen molar-refractivity contribution in [1.29, 1.82) is 0 Å². The summed E-state index contributed by atoms with van der Waals surface area (Å²) < 4.78 is 18.4. The fourth-order valence-electron chi connectivity index (χ4n) is 2.50. The van der Waals surface area contributed by atoms with E-state index >= 15 is 0 Å². The number of hydrogen-bond donors (Lipinski definition) is 1. The zero-order valence-corrected chi connectivity index (χ0v) is 16.3. The van der Waals surface area contributed by atoms with Crippen LogP contribution in [0, 0.1) is 12.7 Å². The van der Waals surface area contributed by atoms with Crippen molar-refractivity contribution < 1.29 is 18.7 Å². The fraction of sp³-hybridized carbons (Fsp3) is 0.190. The molecule has 1 N–H and O–H groups in total. The van der Waals surface area contributed by atoms with Gasteiger partial charge in [-0.15, -0.1) is 11.3 Å². The number of aryl methyl sites for hydroxylation is 1. The van der Waals surface area contributed by atoms with E-state index in [1.165, 1.54) is 19.1 Å². The van der Waals surface area contributed by atoms with Crippen LogP contribution in [0.15, 0.2) is 54.6 Å². The largest absolute Gasteiger partial charge is 0.448 e. The molecule has 1 aromatic heterocycles. The van der Waals surface area contributed by atoms with Gasteiger partial charge in [-0.25, -0.2) is 14.2 Å². The molecule has 3 aromatic rings. The van der Waals surface area contributed by atoms with Crippen molar-refractivity contribution in [2.24, 2.45) is 0 Å². The Morgan fingerprint density at radius 1 is 1.14 bits per heavy atom. The van der Waals surface area contributed by atoms with E-state index in [9.17, 15) is 14.0 Å². The molecule has 0 unspecified atom stereocenters. The highest BCUT2D eigenvalue weighted by Gasteiger charge is 2.23. The number of carbonyl (C=O) groups excluding carboxylic acids is 2. The maximum Gasteiger partial charge on any atom is 0.351 e. The number of carbonyl (C=O) groups is 2. The average Bonchev–Trinajstić information content (AvgIpc) is 3.09. The summed E-state index contributed by atoms with van der Waals surface area (Å²) in [5.41, 5.74) is 2.17. The average molecular weight is 398 g/mol. The minimum atomic E-state index is -0.938. The fourth-order valence-corrected chi connectivity index (χ4v) is 3.45. The van der Waals surface area contributed by atoms with Gasteiger partial charge in [-0.05, 0) is 43.7 Å². The normalized spacial score (nSPS) is 11.7. The van der Waals surface area contributed by atoms with Gasteiger partial charge in [0.2, 0.25) is 0 Å². The standard InChI is InChI=1S/C21H19FN2O3S/c1-13-18(28-20(24-13)16-8-10-17(22)11-9-16)21(26)27-14(2)19(25)23-12-15-6-4-3-5-7-15/h3-11,14H,12H2,1-2H3,(H,23,25)/t14-/m1/s1. The van der Waals surface area contributed by atoms with Crippen LogP contribution in [0.4, 0.5) is 4.39 Å². The molecule has 1 atom stereocenters. The Balaban J connectivity index is 1.62. The van der Waals surface area contributed by atoms with Crippen molar-refractivity contribution >= 4 is 23.2 Å². The van der Waals surface area contributed by atoms with Crippen LogP contribution in [0.5, 0.6) is 0 Å².